The minimum Gasteiger partial charge on any atom is -0.390 e. The fraction of sp³-hybridized carbons (Fsp3) is 1.00. The van der Waals surface area contributed by atoms with Gasteiger partial charge in [-0.15, -0.1) is 0 Å². The van der Waals surface area contributed by atoms with Crippen molar-refractivity contribution in [2.75, 3.05) is 6.61 Å². The molecule has 4 heteroatoms. The van der Waals surface area contributed by atoms with Crippen molar-refractivity contribution in [3.8, 4) is 0 Å². The van der Waals surface area contributed by atoms with Gasteiger partial charge in [0.2, 0.25) is 0 Å². The average Bonchev–Trinajstić information content (AvgIpc) is 2.50. The lowest BCUT2D eigenvalue weighted by Gasteiger charge is -2.12. The van der Waals surface area contributed by atoms with Crippen LogP contribution in [0.5, 0.6) is 0 Å². The van der Waals surface area contributed by atoms with Gasteiger partial charge in [0.05, 0.1) is 12.7 Å². The van der Waals surface area contributed by atoms with Crippen LogP contribution in [0, 0.1) is 0 Å². The van der Waals surface area contributed by atoms with E-state index < -0.39 is 12.2 Å². The lowest BCUT2D eigenvalue weighted by molar-refractivity contribution is -0.298. The van der Waals surface area contributed by atoms with Gasteiger partial charge in [-0.2, -0.15) is 0 Å². The summed E-state index contributed by atoms with van der Waals surface area (Å²) >= 11 is 0. The van der Waals surface area contributed by atoms with Crippen molar-refractivity contribution < 1.29 is 20.0 Å². The Bertz CT molecular complexity index is 87.0. The molecule has 0 aliphatic carbocycles. The number of rotatable bonds is 3. The highest BCUT2D eigenvalue weighted by Gasteiger charge is 2.37. The smallest absolute Gasteiger partial charge is 0.146 e. The number of aliphatic hydroxyl groups is 1. The molecule has 0 aromatic rings. The summed E-state index contributed by atoms with van der Waals surface area (Å²) in [5, 5.41) is 17.0. The van der Waals surface area contributed by atoms with E-state index in [9.17, 15) is 0 Å². The van der Waals surface area contributed by atoms with Gasteiger partial charge in [-0.3, -0.25) is 5.26 Å². The summed E-state index contributed by atoms with van der Waals surface area (Å²) in [5.74, 6) is 0. The molecule has 0 spiro atoms. The van der Waals surface area contributed by atoms with Gasteiger partial charge >= 0.3 is 0 Å². The molecule has 0 bridgehead atoms. The van der Waals surface area contributed by atoms with E-state index in [-0.39, 0.29) is 6.10 Å². The molecule has 0 amide bonds. The molecule has 0 aromatic carbocycles. The zero-order valence-corrected chi connectivity index (χ0v) is 5.15. The summed E-state index contributed by atoms with van der Waals surface area (Å²) in [6, 6.07) is 0. The van der Waals surface area contributed by atoms with Crippen molar-refractivity contribution in [2.45, 2.75) is 25.2 Å². The zero-order valence-electron chi connectivity index (χ0n) is 5.15. The van der Waals surface area contributed by atoms with Gasteiger partial charge in [0.25, 0.3) is 0 Å². The maximum atomic E-state index is 8.86. The number of ether oxygens (including phenoxy) is 1. The first-order valence-corrected chi connectivity index (χ1v) is 2.85. The van der Waals surface area contributed by atoms with Crippen LogP contribution in [0.15, 0.2) is 0 Å². The van der Waals surface area contributed by atoms with E-state index in [0.717, 1.165) is 0 Å². The number of aliphatic hydroxyl groups excluding tert-OH is 1. The molecule has 1 heterocycles. The van der Waals surface area contributed by atoms with Crippen LogP contribution >= 0.6 is 0 Å². The van der Waals surface area contributed by atoms with Crippen LogP contribution in [0.4, 0.5) is 0 Å². The molecule has 4 nitrogen and oxygen atoms in total. The Kier molecular flexibility index (Phi) is 2.02. The maximum Gasteiger partial charge on any atom is 0.146 e. The second kappa shape index (κ2) is 2.62. The quantitative estimate of drug-likeness (QED) is 0.314. The van der Waals surface area contributed by atoms with Gasteiger partial charge in [0, 0.05) is 0 Å². The van der Waals surface area contributed by atoms with Gasteiger partial charge in [-0.1, -0.05) is 0 Å². The van der Waals surface area contributed by atoms with Gasteiger partial charge in [0.15, 0.2) is 0 Å². The van der Waals surface area contributed by atoms with Crippen molar-refractivity contribution in [3.63, 3.8) is 0 Å². The first-order chi connectivity index (χ1) is 4.25. The highest BCUT2D eigenvalue weighted by Crippen LogP contribution is 2.18. The molecule has 2 N–H and O–H groups in total. The molecule has 0 unspecified atom stereocenters. The van der Waals surface area contributed by atoms with E-state index in [1.165, 1.54) is 0 Å². The number of epoxide rings is 1. The van der Waals surface area contributed by atoms with Gasteiger partial charge in [0.1, 0.15) is 12.2 Å². The normalized spacial score (nSPS) is 31.7. The highest BCUT2D eigenvalue weighted by molar-refractivity contribution is 4.82. The summed E-state index contributed by atoms with van der Waals surface area (Å²) in [6.07, 6.45) is -1.37. The molecule has 3 atom stereocenters. The van der Waals surface area contributed by atoms with Crippen molar-refractivity contribution in [1.29, 1.82) is 0 Å². The molecule has 1 fully saturated rings. The standard InChI is InChI=1S/C5H10O4/c1-3(6)5(9-7)4-2-8-4/h3-7H,2H2,1H3/t3-,4-,5-/m1/s1. The fourth-order valence-electron chi connectivity index (χ4n) is 0.712. The van der Waals surface area contributed by atoms with Crippen LogP contribution in [0.1, 0.15) is 6.92 Å². The van der Waals surface area contributed by atoms with Crippen LogP contribution in [-0.4, -0.2) is 35.3 Å². The Balaban J connectivity index is 2.28. The molecule has 9 heavy (non-hydrogen) atoms. The third-order valence-corrected chi connectivity index (χ3v) is 1.32. The monoisotopic (exact) mass is 134 g/mol. The van der Waals surface area contributed by atoms with Gasteiger partial charge < -0.3 is 9.84 Å². The average molecular weight is 134 g/mol. The summed E-state index contributed by atoms with van der Waals surface area (Å²) in [6.45, 7) is 2.11. The van der Waals surface area contributed by atoms with Crippen molar-refractivity contribution in [3.05, 3.63) is 0 Å². The molecule has 0 saturated carbocycles. The predicted molar refractivity (Wildman–Crippen MR) is 28.9 cm³/mol. The number of hydrogen-bond acceptors (Lipinski definition) is 4. The minimum absolute atomic E-state index is 0.116. The van der Waals surface area contributed by atoms with Crippen LogP contribution in [0.3, 0.4) is 0 Å². The van der Waals surface area contributed by atoms with E-state index >= 15 is 0 Å². The number of hydrogen-bond donors (Lipinski definition) is 2. The first-order valence-electron chi connectivity index (χ1n) is 2.85. The van der Waals surface area contributed by atoms with Crippen molar-refractivity contribution in [1.82, 2.24) is 0 Å². The lowest BCUT2D eigenvalue weighted by Crippen LogP contribution is -2.30. The predicted octanol–water partition coefficient (Wildman–Crippen LogP) is -0.376. The van der Waals surface area contributed by atoms with Gasteiger partial charge in [-0.05, 0) is 6.92 Å². The summed E-state index contributed by atoms with van der Waals surface area (Å²) < 4.78 is 4.78. The van der Waals surface area contributed by atoms with E-state index in [2.05, 4.69) is 4.89 Å². The topological polar surface area (TPSA) is 62.2 Å². The molecular weight excluding hydrogens is 124 g/mol. The Morgan fingerprint density at radius 1 is 1.78 bits per heavy atom. The summed E-state index contributed by atoms with van der Waals surface area (Å²) in [5.41, 5.74) is 0. The van der Waals surface area contributed by atoms with Crippen molar-refractivity contribution in [2.24, 2.45) is 0 Å². The highest BCUT2D eigenvalue weighted by atomic mass is 17.1. The molecule has 1 rings (SSSR count). The molecule has 1 aliphatic rings. The molecule has 54 valence electrons. The largest absolute Gasteiger partial charge is 0.390 e. The van der Waals surface area contributed by atoms with Gasteiger partial charge in [-0.25, -0.2) is 4.89 Å². The minimum atomic E-state index is -0.678. The van der Waals surface area contributed by atoms with Crippen LogP contribution < -0.4 is 0 Å². The first kappa shape index (κ1) is 6.95. The third kappa shape index (κ3) is 1.62. The Morgan fingerprint density at radius 2 is 2.33 bits per heavy atom. The van der Waals surface area contributed by atoms with Crippen LogP contribution in [0.25, 0.3) is 0 Å². The Labute approximate surface area is 52.9 Å². The third-order valence-electron chi connectivity index (χ3n) is 1.32. The zero-order chi connectivity index (χ0) is 6.85. The van der Waals surface area contributed by atoms with Crippen molar-refractivity contribution >= 4 is 0 Å². The lowest BCUT2D eigenvalue weighted by atomic mass is 10.2. The van der Waals surface area contributed by atoms with E-state index in [0.29, 0.717) is 6.61 Å². The molecule has 0 radical (unpaired) electrons. The van der Waals surface area contributed by atoms with E-state index in [4.69, 9.17) is 15.1 Å². The van der Waals surface area contributed by atoms with E-state index in [1.807, 2.05) is 0 Å². The van der Waals surface area contributed by atoms with E-state index in [1.54, 1.807) is 6.92 Å². The van der Waals surface area contributed by atoms with Crippen LogP contribution in [0.2, 0.25) is 0 Å². The summed E-state index contributed by atoms with van der Waals surface area (Å²) in [7, 11) is 0. The van der Waals surface area contributed by atoms with Crippen LogP contribution in [-0.2, 0) is 9.62 Å². The molecule has 0 aromatic heterocycles. The molecule has 1 aliphatic heterocycles. The SMILES string of the molecule is C[C@@H](O)[C@@H](OO)[C@H]1CO1. The maximum absolute atomic E-state index is 8.86. The second-order valence-electron chi connectivity index (χ2n) is 2.18. The summed E-state index contributed by atoms with van der Waals surface area (Å²) in [4.78, 5) is 3.96. The molecular formula is C5H10O4. The molecule has 1 saturated heterocycles. The Hall–Kier alpha value is -0.160. The Morgan fingerprint density at radius 3 is 2.44 bits per heavy atom. The fourth-order valence-corrected chi connectivity index (χ4v) is 0.712. The second-order valence-corrected chi connectivity index (χ2v) is 2.18.